The molecule has 1 nitrogen and oxygen atoms in total. The van der Waals surface area contributed by atoms with Gasteiger partial charge in [-0.1, -0.05) is 36.4 Å². The Morgan fingerprint density at radius 3 is 2.78 bits per heavy atom. The summed E-state index contributed by atoms with van der Waals surface area (Å²) >= 11 is 0. The van der Waals surface area contributed by atoms with Gasteiger partial charge in [-0.05, 0) is 60.1 Å². The fourth-order valence-electron chi connectivity index (χ4n) is 2.90. The summed E-state index contributed by atoms with van der Waals surface area (Å²) < 4.78 is 0. The largest absolute Gasteiger partial charge is 0.324 e. The van der Waals surface area contributed by atoms with Crippen molar-refractivity contribution in [2.24, 2.45) is 5.73 Å². The molecule has 0 saturated carbocycles. The highest BCUT2D eigenvalue weighted by atomic mass is 14.6. The molecule has 0 aliphatic heterocycles. The van der Waals surface area contributed by atoms with Crippen molar-refractivity contribution in [2.45, 2.75) is 32.2 Å². The van der Waals surface area contributed by atoms with Gasteiger partial charge in [0.25, 0.3) is 0 Å². The smallest absolute Gasteiger partial charge is 0.0297 e. The highest BCUT2D eigenvalue weighted by molar-refractivity contribution is 5.68. The van der Waals surface area contributed by atoms with Crippen LogP contribution in [0.4, 0.5) is 0 Å². The summed E-state index contributed by atoms with van der Waals surface area (Å²) in [4.78, 5) is 0. The molecule has 0 radical (unpaired) electrons. The Balaban J connectivity index is 2.10. The summed E-state index contributed by atoms with van der Waals surface area (Å²) in [5.41, 5.74) is 13.0. The maximum Gasteiger partial charge on any atom is 0.0297 e. The average molecular weight is 237 g/mol. The molecule has 0 aromatic heterocycles. The van der Waals surface area contributed by atoms with Gasteiger partial charge in [-0.2, -0.15) is 0 Å². The third-order valence-electron chi connectivity index (χ3n) is 3.96. The molecule has 1 aliphatic carbocycles. The molecule has 0 heterocycles. The summed E-state index contributed by atoms with van der Waals surface area (Å²) in [6.07, 6.45) is 3.51. The van der Waals surface area contributed by atoms with Gasteiger partial charge in [-0.3, -0.25) is 0 Å². The molecule has 0 fully saturated rings. The lowest BCUT2D eigenvalue weighted by Crippen LogP contribution is -2.17. The summed E-state index contributed by atoms with van der Waals surface area (Å²) in [5.74, 6) is 0. The van der Waals surface area contributed by atoms with Crippen molar-refractivity contribution in [3.63, 3.8) is 0 Å². The van der Waals surface area contributed by atoms with Crippen LogP contribution in [0.3, 0.4) is 0 Å². The van der Waals surface area contributed by atoms with E-state index >= 15 is 0 Å². The normalized spacial score (nSPS) is 18.4. The topological polar surface area (TPSA) is 26.0 Å². The minimum absolute atomic E-state index is 0.220. The second kappa shape index (κ2) is 4.58. The van der Waals surface area contributed by atoms with E-state index in [0.29, 0.717) is 0 Å². The average Bonchev–Trinajstić information content (AvgIpc) is 2.40. The van der Waals surface area contributed by atoms with Crippen molar-refractivity contribution < 1.29 is 0 Å². The molecule has 2 aromatic carbocycles. The quantitative estimate of drug-likeness (QED) is 0.797. The van der Waals surface area contributed by atoms with E-state index in [1.54, 1.807) is 0 Å². The van der Waals surface area contributed by atoms with Crippen molar-refractivity contribution >= 4 is 0 Å². The van der Waals surface area contributed by atoms with E-state index in [4.69, 9.17) is 5.73 Å². The van der Waals surface area contributed by atoms with E-state index in [2.05, 4.69) is 49.4 Å². The first kappa shape index (κ1) is 11.5. The van der Waals surface area contributed by atoms with Gasteiger partial charge in [0, 0.05) is 6.04 Å². The molecule has 0 saturated heterocycles. The van der Waals surface area contributed by atoms with E-state index in [1.807, 2.05) is 0 Å². The van der Waals surface area contributed by atoms with Crippen LogP contribution >= 0.6 is 0 Å². The molecule has 92 valence electrons. The number of rotatable bonds is 1. The first-order chi connectivity index (χ1) is 8.75. The number of benzene rings is 2. The maximum atomic E-state index is 6.23. The molecule has 1 unspecified atom stereocenters. The Bertz CT molecular complexity index is 572. The van der Waals surface area contributed by atoms with Crippen LogP contribution in [0, 0.1) is 6.92 Å². The molecular weight excluding hydrogens is 218 g/mol. The van der Waals surface area contributed by atoms with Gasteiger partial charge >= 0.3 is 0 Å². The van der Waals surface area contributed by atoms with Gasteiger partial charge in [0.1, 0.15) is 0 Å². The van der Waals surface area contributed by atoms with Gasteiger partial charge in [0.15, 0.2) is 0 Å². The van der Waals surface area contributed by atoms with E-state index in [9.17, 15) is 0 Å². The van der Waals surface area contributed by atoms with Crippen molar-refractivity contribution in [3.8, 4) is 11.1 Å². The van der Waals surface area contributed by atoms with Crippen LogP contribution < -0.4 is 5.73 Å². The Hall–Kier alpha value is -1.60. The predicted molar refractivity (Wildman–Crippen MR) is 76.5 cm³/mol. The maximum absolute atomic E-state index is 6.23. The van der Waals surface area contributed by atoms with Crippen LogP contribution in [0.2, 0.25) is 0 Å². The predicted octanol–water partition coefficient (Wildman–Crippen LogP) is 4.00. The van der Waals surface area contributed by atoms with Crippen molar-refractivity contribution in [1.82, 2.24) is 0 Å². The van der Waals surface area contributed by atoms with E-state index in [0.717, 1.165) is 6.42 Å². The Morgan fingerprint density at radius 2 is 1.94 bits per heavy atom. The van der Waals surface area contributed by atoms with Gasteiger partial charge < -0.3 is 5.73 Å². The van der Waals surface area contributed by atoms with Crippen molar-refractivity contribution in [2.75, 3.05) is 0 Å². The monoisotopic (exact) mass is 237 g/mol. The molecule has 1 aliphatic rings. The van der Waals surface area contributed by atoms with E-state index in [1.165, 1.54) is 40.7 Å². The third kappa shape index (κ3) is 1.95. The van der Waals surface area contributed by atoms with Gasteiger partial charge in [0.05, 0.1) is 0 Å². The highest BCUT2D eigenvalue weighted by Crippen LogP contribution is 2.32. The molecular formula is C17H19N. The fraction of sp³-hybridized carbons (Fsp3) is 0.294. The number of hydrogen-bond donors (Lipinski definition) is 1. The van der Waals surface area contributed by atoms with Crippen molar-refractivity contribution in [1.29, 1.82) is 0 Å². The van der Waals surface area contributed by atoms with Crippen LogP contribution in [0.25, 0.3) is 11.1 Å². The fourth-order valence-corrected chi connectivity index (χ4v) is 2.90. The zero-order chi connectivity index (χ0) is 12.5. The highest BCUT2D eigenvalue weighted by Gasteiger charge is 2.17. The standard InChI is InChI=1S/C17H19N/c1-12-5-2-3-7-15(12)14-10-9-13-6-4-8-17(18)16(13)11-14/h2-3,5,7,9-11,17H,4,6,8,18H2,1H3. The number of hydrogen-bond acceptors (Lipinski definition) is 1. The Labute approximate surface area is 109 Å². The molecule has 0 spiro atoms. The SMILES string of the molecule is Cc1ccccc1-c1ccc2c(c1)C(N)CCC2. The van der Waals surface area contributed by atoms with Gasteiger partial charge in [-0.15, -0.1) is 0 Å². The summed E-state index contributed by atoms with van der Waals surface area (Å²) in [7, 11) is 0. The number of fused-ring (bicyclic) bond motifs is 1. The lowest BCUT2D eigenvalue weighted by atomic mass is 9.85. The van der Waals surface area contributed by atoms with Gasteiger partial charge in [0.2, 0.25) is 0 Å². The van der Waals surface area contributed by atoms with Gasteiger partial charge in [-0.25, -0.2) is 0 Å². The molecule has 0 bridgehead atoms. The molecule has 2 N–H and O–H groups in total. The zero-order valence-corrected chi connectivity index (χ0v) is 10.8. The molecule has 1 heteroatoms. The van der Waals surface area contributed by atoms with Crippen LogP contribution in [-0.2, 0) is 6.42 Å². The first-order valence-electron chi connectivity index (χ1n) is 6.70. The second-order valence-electron chi connectivity index (χ2n) is 5.23. The van der Waals surface area contributed by atoms with Crippen LogP contribution in [0.1, 0.15) is 35.6 Å². The van der Waals surface area contributed by atoms with E-state index < -0.39 is 0 Å². The van der Waals surface area contributed by atoms with Crippen LogP contribution in [0.5, 0.6) is 0 Å². The minimum Gasteiger partial charge on any atom is -0.324 e. The third-order valence-corrected chi connectivity index (χ3v) is 3.96. The molecule has 2 aromatic rings. The summed E-state index contributed by atoms with van der Waals surface area (Å²) in [6.45, 7) is 2.16. The summed E-state index contributed by atoms with van der Waals surface area (Å²) in [6, 6.07) is 15.5. The lowest BCUT2D eigenvalue weighted by Gasteiger charge is -2.23. The Morgan fingerprint density at radius 1 is 1.11 bits per heavy atom. The van der Waals surface area contributed by atoms with Crippen LogP contribution in [0.15, 0.2) is 42.5 Å². The molecule has 18 heavy (non-hydrogen) atoms. The van der Waals surface area contributed by atoms with Crippen molar-refractivity contribution in [3.05, 3.63) is 59.2 Å². The van der Waals surface area contributed by atoms with E-state index in [-0.39, 0.29) is 6.04 Å². The minimum atomic E-state index is 0.220. The zero-order valence-electron chi connectivity index (χ0n) is 10.8. The Kier molecular flexibility index (Phi) is 2.92. The van der Waals surface area contributed by atoms with Crippen LogP contribution in [-0.4, -0.2) is 0 Å². The summed E-state index contributed by atoms with van der Waals surface area (Å²) in [5, 5.41) is 0. The number of nitrogens with two attached hydrogens (primary N) is 1. The lowest BCUT2D eigenvalue weighted by molar-refractivity contribution is 0.571. The molecule has 1 atom stereocenters. The number of aryl methyl sites for hydroxylation is 2. The molecule has 3 rings (SSSR count). The molecule has 0 amide bonds. The second-order valence-corrected chi connectivity index (χ2v) is 5.23. The first-order valence-corrected chi connectivity index (χ1v) is 6.70.